The van der Waals surface area contributed by atoms with E-state index in [0.717, 1.165) is 6.07 Å². The van der Waals surface area contributed by atoms with Crippen molar-refractivity contribution in [2.45, 2.75) is 39.3 Å². The minimum Gasteiger partial charge on any atom is -0.465 e. The summed E-state index contributed by atoms with van der Waals surface area (Å²) in [5.41, 5.74) is 0.109. The molecule has 2 amide bonds. The number of anilines is 1. The predicted molar refractivity (Wildman–Crippen MR) is 112 cm³/mol. The van der Waals surface area contributed by atoms with Crippen LogP contribution < -0.4 is 15.0 Å². The van der Waals surface area contributed by atoms with Crippen LogP contribution in [0.5, 0.6) is 11.5 Å². The summed E-state index contributed by atoms with van der Waals surface area (Å²) in [6.07, 6.45) is 2.38. The highest BCUT2D eigenvalue weighted by molar-refractivity contribution is 5.97. The van der Waals surface area contributed by atoms with Gasteiger partial charge in [0.1, 0.15) is 17.9 Å². The molecule has 9 nitrogen and oxygen atoms in total. The molecular formula is C21H26FN5O4. The van der Waals surface area contributed by atoms with Gasteiger partial charge < -0.3 is 25.0 Å². The van der Waals surface area contributed by atoms with Crippen molar-refractivity contribution in [2.24, 2.45) is 0 Å². The monoisotopic (exact) mass is 431 g/mol. The van der Waals surface area contributed by atoms with Crippen molar-refractivity contribution in [3.05, 3.63) is 42.1 Å². The van der Waals surface area contributed by atoms with E-state index in [1.54, 1.807) is 4.90 Å². The van der Waals surface area contributed by atoms with Crippen LogP contribution in [0.3, 0.4) is 0 Å². The minimum atomic E-state index is -1.08. The molecule has 3 rings (SSSR count). The van der Waals surface area contributed by atoms with Gasteiger partial charge in [0.15, 0.2) is 11.6 Å². The first kappa shape index (κ1) is 22.3. The van der Waals surface area contributed by atoms with Crippen LogP contribution in [-0.4, -0.2) is 63.7 Å². The summed E-state index contributed by atoms with van der Waals surface area (Å²) in [6.45, 7) is 7.10. The number of hydrogen-bond acceptors (Lipinski definition) is 6. The summed E-state index contributed by atoms with van der Waals surface area (Å²) in [5, 5.41) is 11.4. The maximum atomic E-state index is 14.0. The zero-order valence-corrected chi connectivity index (χ0v) is 17.7. The standard InChI is InChI=1S/C21H26FN5O4/c1-4-27(13(2)3)20(28)16-9-14(22)5-6-17(16)31-18-10-23-12-24-19(18)26-8-7-15(11-26)25-21(29)30/h5-6,9-10,12-13,15,25H,4,7-8,11H2,1-3H3,(H,29,30)/t15-/m1/s1. The smallest absolute Gasteiger partial charge is 0.404 e. The minimum absolute atomic E-state index is 0.0625. The number of amides is 2. The predicted octanol–water partition coefficient (Wildman–Crippen LogP) is 3.12. The Kier molecular flexibility index (Phi) is 6.88. The van der Waals surface area contributed by atoms with Crippen LogP contribution >= 0.6 is 0 Å². The van der Waals surface area contributed by atoms with E-state index in [1.165, 1.54) is 24.7 Å². The molecule has 0 bridgehead atoms. The highest BCUT2D eigenvalue weighted by Gasteiger charge is 2.28. The zero-order valence-electron chi connectivity index (χ0n) is 17.7. The average Bonchev–Trinajstić information content (AvgIpc) is 3.17. The third kappa shape index (κ3) is 5.19. The van der Waals surface area contributed by atoms with Gasteiger partial charge in [-0.05, 0) is 45.4 Å². The normalized spacial score (nSPS) is 15.8. The number of nitrogens with one attached hydrogen (secondary N) is 1. The molecule has 0 saturated carbocycles. The second kappa shape index (κ2) is 9.59. The molecule has 1 saturated heterocycles. The van der Waals surface area contributed by atoms with Gasteiger partial charge in [0, 0.05) is 25.7 Å². The van der Waals surface area contributed by atoms with Crippen LogP contribution in [0.2, 0.25) is 0 Å². The van der Waals surface area contributed by atoms with Crippen LogP contribution in [0.4, 0.5) is 15.0 Å². The third-order valence-electron chi connectivity index (χ3n) is 5.09. The van der Waals surface area contributed by atoms with Gasteiger partial charge in [0.2, 0.25) is 0 Å². The Morgan fingerprint density at radius 2 is 2.16 bits per heavy atom. The van der Waals surface area contributed by atoms with Gasteiger partial charge in [-0.25, -0.2) is 19.2 Å². The van der Waals surface area contributed by atoms with Crippen molar-refractivity contribution >= 4 is 17.8 Å². The summed E-state index contributed by atoms with van der Waals surface area (Å²) >= 11 is 0. The number of halogens is 1. The molecule has 0 radical (unpaired) electrons. The van der Waals surface area contributed by atoms with Crippen LogP contribution in [0.25, 0.3) is 0 Å². The van der Waals surface area contributed by atoms with E-state index in [4.69, 9.17) is 9.84 Å². The van der Waals surface area contributed by atoms with Gasteiger partial charge in [-0.15, -0.1) is 0 Å². The fourth-order valence-corrected chi connectivity index (χ4v) is 3.64. The lowest BCUT2D eigenvalue weighted by molar-refractivity contribution is 0.0713. The largest absolute Gasteiger partial charge is 0.465 e. The summed E-state index contributed by atoms with van der Waals surface area (Å²) in [6, 6.07) is 3.50. The van der Waals surface area contributed by atoms with E-state index in [2.05, 4.69) is 15.3 Å². The van der Waals surface area contributed by atoms with E-state index in [1.807, 2.05) is 25.7 Å². The summed E-state index contributed by atoms with van der Waals surface area (Å²) < 4.78 is 20.0. The van der Waals surface area contributed by atoms with Crippen LogP contribution in [0.15, 0.2) is 30.7 Å². The molecule has 10 heteroatoms. The lowest BCUT2D eigenvalue weighted by Gasteiger charge is -2.26. The topological polar surface area (TPSA) is 108 Å². The summed E-state index contributed by atoms with van der Waals surface area (Å²) in [4.78, 5) is 35.8. The first-order valence-corrected chi connectivity index (χ1v) is 10.1. The SMILES string of the molecule is CCN(C(=O)c1cc(F)ccc1Oc1cncnc1N1CC[C@@H](NC(=O)O)C1)C(C)C. The van der Waals surface area contributed by atoms with E-state index in [0.29, 0.717) is 37.6 Å². The number of carbonyl (C=O) groups excluding carboxylic acids is 1. The molecule has 2 heterocycles. The molecule has 1 aliphatic rings. The fourth-order valence-electron chi connectivity index (χ4n) is 3.64. The molecule has 1 aliphatic heterocycles. The number of carbonyl (C=O) groups is 2. The molecule has 0 aliphatic carbocycles. The van der Waals surface area contributed by atoms with Crippen LogP contribution in [-0.2, 0) is 0 Å². The second-order valence-electron chi connectivity index (χ2n) is 7.52. The number of benzene rings is 1. The highest BCUT2D eigenvalue weighted by atomic mass is 19.1. The van der Waals surface area contributed by atoms with Crippen molar-refractivity contribution in [1.82, 2.24) is 20.2 Å². The number of aromatic nitrogens is 2. The van der Waals surface area contributed by atoms with Crippen molar-refractivity contribution in [3.63, 3.8) is 0 Å². The van der Waals surface area contributed by atoms with Gasteiger partial charge in [-0.3, -0.25) is 4.79 Å². The van der Waals surface area contributed by atoms with Crippen molar-refractivity contribution in [2.75, 3.05) is 24.5 Å². The maximum absolute atomic E-state index is 14.0. The highest BCUT2D eigenvalue weighted by Crippen LogP contribution is 2.34. The molecule has 31 heavy (non-hydrogen) atoms. The zero-order chi connectivity index (χ0) is 22.5. The van der Waals surface area contributed by atoms with Gasteiger partial charge in [-0.1, -0.05) is 0 Å². The molecule has 1 atom stereocenters. The lowest BCUT2D eigenvalue weighted by atomic mass is 10.1. The molecule has 166 valence electrons. The first-order chi connectivity index (χ1) is 14.8. The summed E-state index contributed by atoms with van der Waals surface area (Å²) in [7, 11) is 0. The van der Waals surface area contributed by atoms with E-state index < -0.39 is 11.9 Å². The van der Waals surface area contributed by atoms with Crippen molar-refractivity contribution in [1.29, 1.82) is 0 Å². The number of carboxylic acid groups (broad SMARTS) is 1. The molecule has 2 aromatic rings. The molecule has 0 unspecified atom stereocenters. The van der Waals surface area contributed by atoms with Crippen LogP contribution in [0.1, 0.15) is 37.6 Å². The number of nitrogens with zero attached hydrogens (tertiary/aromatic N) is 4. The van der Waals surface area contributed by atoms with Gasteiger partial charge >= 0.3 is 6.09 Å². The van der Waals surface area contributed by atoms with E-state index >= 15 is 0 Å². The quantitative estimate of drug-likeness (QED) is 0.693. The third-order valence-corrected chi connectivity index (χ3v) is 5.09. The molecule has 1 fully saturated rings. The van der Waals surface area contributed by atoms with E-state index in [-0.39, 0.29) is 29.3 Å². The Balaban J connectivity index is 1.89. The number of rotatable bonds is 7. The average molecular weight is 431 g/mol. The molecule has 1 aromatic carbocycles. The van der Waals surface area contributed by atoms with E-state index in [9.17, 15) is 14.0 Å². The lowest BCUT2D eigenvalue weighted by Crippen LogP contribution is -2.37. The van der Waals surface area contributed by atoms with Crippen molar-refractivity contribution in [3.8, 4) is 11.5 Å². The van der Waals surface area contributed by atoms with Crippen molar-refractivity contribution < 1.29 is 23.8 Å². The fraction of sp³-hybridized carbons (Fsp3) is 0.429. The molecule has 0 spiro atoms. The van der Waals surface area contributed by atoms with Gasteiger partial charge in [0.05, 0.1) is 17.8 Å². The molecule has 1 aromatic heterocycles. The second-order valence-corrected chi connectivity index (χ2v) is 7.52. The summed E-state index contributed by atoms with van der Waals surface area (Å²) in [5.74, 6) is 0.0933. The van der Waals surface area contributed by atoms with Gasteiger partial charge in [-0.2, -0.15) is 0 Å². The Morgan fingerprint density at radius 3 is 2.84 bits per heavy atom. The van der Waals surface area contributed by atoms with Crippen LogP contribution in [0, 0.1) is 5.82 Å². The Bertz CT molecular complexity index is 955. The first-order valence-electron chi connectivity index (χ1n) is 10.1. The Hall–Kier alpha value is -3.43. The Labute approximate surface area is 179 Å². The number of ether oxygens (including phenoxy) is 1. The Morgan fingerprint density at radius 1 is 1.39 bits per heavy atom. The molecule has 2 N–H and O–H groups in total. The number of hydrogen-bond donors (Lipinski definition) is 2. The molecular weight excluding hydrogens is 405 g/mol. The maximum Gasteiger partial charge on any atom is 0.404 e. The van der Waals surface area contributed by atoms with Gasteiger partial charge in [0.25, 0.3) is 5.91 Å².